The molecular weight excluding hydrogens is 180 g/mol. The van der Waals surface area contributed by atoms with Gasteiger partial charge in [0.05, 0.1) is 0 Å². The van der Waals surface area contributed by atoms with Crippen LogP contribution in [0.3, 0.4) is 0 Å². The molecule has 0 rings (SSSR count). The summed E-state index contributed by atoms with van der Waals surface area (Å²) in [4.78, 5) is 0. The van der Waals surface area contributed by atoms with Crippen LogP contribution >= 0.6 is 0 Å². The van der Waals surface area contributed by atoms with Crippen molar-refractivity contribution in [3.8, 4) is 0 Å². The van der Waals surface area contributed by atoms with Crippen molar-refractivity contribution in [2.75, 3.05) is 0 Å². The highest BCUT2D eigenvalue weighted by molar-refractivity contribution is 4.75. The molecule has 0 aromatic heterocycles. The van der Waals surface area contributed by atoms with Gasteiger partial charge in [-0.1, -0.05) is 61.3 Å². The summed E-state index contributed by atoms with van der Waals surface area (Å²) in [5.41, 5.74) is 0. The third-order valence-electron chi connectivity index (χ3n) is 4.26. The highest BCUT2D eigenvalue weighted by Crippen LogP contribution is 2.34. The molecule has 0 heterocycles. The lowest BCUT2D eigenvalue weighted by Gasteiger charge is -2.33. The van der Waals surface area contributed by atoms with E-state index in [1.807, 2.05) is 0 Å². The Bertz CT molecular complexity index is 148. The fraction of sp³-hybridized carbons (Fsp3) is 1.00. The maximum absolute atomic E-state index is 2.47. The van der Waals surface area contributed by atoms with E-state index in [-0.39, 0.29) is 0 Å². The van der Waals surface area contributed by atoms with Crippen molar-refractivity contribution in [2.45, 2.75) is 67.7 Å². The second-order valence-electron chi connectivity index (χ2n) is 5.92. The molecule has 0 fully saturated rings. The fourth-order valence-corrected chi connectivity index (χ4v) is 2.98. The van der Waals surface area contributed by atoms with Gasteiger partial charge >= 0.3 is 0 Å². The highest BCUT2D eigenvalue weighted by Gasteiger charge is 2.25. The Labute approximate surface area is 97.8 Å². The minimum atomic E-state index is 0.844. The smallest absolute Gasteiger partial charge is 0.0363 e. The molecule has 0 aromatic carbocycles. The standard InChI is InChI=1S/C15H32/c1-8-12(5)15(9-2)14(7)13(6)10-11(3)4/h11-15H,8-10H2,1-7H3. The summed E-state index contributed by atoms with van der Waals surface area (Å²) in [6.07, 6.45) is 4.06. The third kappa shape index (κ3) is 5.04. The Morgan fingerprint density at radius 1 is 0.733 bits per heavy atom. The Morgan fingerprint density at radius 2 is 1.27 bits per heavy atom. The van der Waals surface area contributed by atoms with Gasteiger partial charge in [-0.25, -0.2) is 0 Å². The molecular formula is C15H32. The largest absolute Gasteiger partial charge is 0.0651 e. The van der Waals surface area contributed by atoms with Crippen LogP contribution in [0, 0.1) is 29.6 Å². The van der Waals surface area contributed by atoms with Gasteiger partial charge in [0.2, 0.25) is 0 Å². The van der Waals surface area contributed by atoms with Crippen molar-refractivity contribution in [1.29, 1.82) is 0 Å². The molecule has 0 aliphatic heterocycles. The first-order chi connectivity index (χ1) is 6.93. The number of rotatable bonds is 7. The van der Waals surface area contributed by atoms with E-state index in [1.165, 1.54) is 19.3 Å². The molecule has 4 unspecified atom stereocenters. The van der Waals surface area contributed by atoms with E-state index in [9.17, 15) is 0 Å². The predicted molar refractivity (Wildman–Crippen MR) is 71.0 cm³/mol. The molecule has 0 N–H and O–H groups in total. The Morgan fingerprint density at radius 3 is 1.60 bits per heavy atom. The lowest BCUT2D eigenvalue weighted by molar-refractivity contribution is 0.168. The second kappa shape index (κ2) is 7.30. The first-order valence-corrected chi connectivity index (χ1v) is 6.93. The maximum atomic E-state index is 2.47. The average molecular weight is 212 g/mol. The van der Waals surface area contributed by atoms with Gasteiger partial charge in [0, 0.05) is 0 Å². The normalized spacial score (nSPS) is 20.0. The molecule has 15 heavy (non-hydrogen) atoms. The minimum absolute atomic E-state index is 0.844. The van der Waals surface area contributed by atoms with Crippen LogP contribution in [0.4, 0.5) is 0 Å². The van der Waals surface area contributed by atoms with Gasteiger partial charge in [0.1, 0.15) is 0 Å². The second-order valence-corrected chi connectivity index (χ2v) is 5.92. The van der Waals surface area contributed by atoms with E-state index >= 15 is 0 Å². The molecule has 4 atom stereocenters. The summed E-state index contributed by atoms with van der Waals surface area (Å²) in [5.74, 6) is 4.41. The Balaban J connectivity index is 4.29. The molecule has 0 radical (unpaired) electrons. The van der Waals surface area contributed by atoms with Crippen molar-refractivity contribution < 1.29 is 0 Å². The van der Waals surface area contributed by atoms with Gasteiger partial charge in [0.15, 0.2) is 0 Å². The van der Waals surface area contributed by atoms with Crippen molar-refractivity contribution in [2.24, 2.45) is 29.6 Å². The van der Waals surface area contributed by atoms with Gasteiger partial charge < -0.3 is 0 Å². The summed E-state index contributed by atoms with van der Waals surface area (Å²) in [6.45, 7) is 16.7. The molecule has 0 aromatic rings. The van der Waals surface area contributed by atoms with E-state index in [4.69, 9.17) is 0 Å². The summed E-state index contributed by atoms with van der Waals surface area (Å²) in [5, 5.41) is 0. The molecule has 0 aliphatic rings. The monoisotopic (exact) mass is 212 g/mol. The van der Waals surface area contributed by atoms with E-state index < -0.39 is 0 Å². The van der Waals surface area contributed by atoms with Gasteiger partial charge in [-0.15, -0.1) is 0 Å². The van der Waals surface area contributed by atoms with Crippen molar-refractivity contribution in [1.82, 2.24) is 0 Å². The van der Waals surface area contributed by atoms with Crippen LogP contribution < -0.4 is 0 Å². The molecule has 0 aliphatic carbocycles. The zero-order valence-corrected chi connectivity index (χ0v) is 12.0. The molecule has 0 amide bonds. The molecule has 0 bridgehead atoms. The van der Waals surface area contributed by atoms with Gasteiger partial charge in [0.25, 0.3) is 0 Å². The minimum Gasteiger partial charge on any atom is -0.0651 e. The molecule has 0 saturated heterocycles. The van der Waals surface area contributed by atoms with Gasteiger partial charge in [-0.3, -0.25) is 0 Å². The third-order valence-corrected chi connectivity index (χ3v) is 4.26. The highest BCUT2D eigenvalue weighted by atomic mass is 14.3. The molecule has 92 valence electrons. The van der Waals surface area contributed by atoms with Crippen molar-refractivity contribution in [3.63, 3.8) is 0 Å². The number of hydrogen-bond acceptors (Lipinski definition) is 0. The van der Waals surface area contributed by atoms with Crippen molar-refractivity contribution in [3.05, 3.63) is 0 Å². The van der Waals surface area contributed by atoms with Crippen LogP contribution in [0.1, 0.15) is 67.7 Å². The van der Waals surface area contributed by atoms with Gasteiger partial charge in [-0.2, -0.15) is 0 Å². The zero-order valence-electron chi connectivity index (χ0n) is 12.0. The predicted octanol–water partition coefficient (Wildman–Crippen LogP) is 5.38. The summed E-state index contributed by atoms with van der Waals surface area (Å²) in [6, 6.07) is 0. The quantitative estimate of drug-likeness (QED) is 0.531. The number of hydrogen-bond donors (Lipinski definition) is 0. The fourth-order valence-electron chi connectivity index (χ4n) is 2.98. The summed E-state index contributed by atoms with van der Waals surface area (Å²) < 4.78 is 0. The molecule has 0 nitrogen and oxygen atoms in total. The van der Waals surface area contributed by atoms with E-state index in [0.29, 0.717) is 0 Å². The van der Waals surface area contributed by atoms with E-state index in [2.05, 4.69) is 48.5 Å². The van der Waals surface area contributed by atoms with Crippen LogP contribution in [0.25, 0.3) is 0 Å². The van der Waals surface area contributed by atoms with Crippen LogP contribution in [0.5, 0.6) is 0 Å². The maximum Gasteiger partial charge on any atom is -0.0363 e. The van der Waals surface area contributed by atoms with Crippen LogP contribution in [-0.2, 0) is 0 Å². The molecule has 0 spiro atoms. The molecule has 0 saturated carbocycles. The molecule has 0 heteroatoms. The van der Waals surface area contributed by atoms with E-state index in [0.717, 1.165) is 29.6 Å². The SMILES string of the molecule is CCC(C)C(CC)C(C)C(C)CC(C)C. The van der Waals surface area contributed by atoms with E-state index in [1.54, 1.807) is 0 Å². The first kappa shape index (κ1) is 15.0. The Hall–Kier alpha value is 0. The summed E-state index contributed by atoms with van der Waals surface area (Å²) >= 11 is 0. The Kier molecular flexibility index (Phi) is 7.30. The average Bonchev–Trinajstić information content (AvgIpc) is 2.17. The summed E-state index contributed by atoms with van der Waals surface area (Å²) in [7, 11) is 0. The lowest BCUT2D eigenvalue weighted by Crippen LogP contribution is -2.25. The van der Waals surface area contributed by atoms with Crippen molar-refractivity contribution >= 4 is 0 Å². The van der Waals surface area contributed by atoms with Crippen LogP contribution in [0.15, 0.2) is 0 Å². The zero-order chi connectivity index (χ0) is 12.0. The first-order valence-electron chi connectivity index (χ1n) is 6.93. The van der Waals surface area contributed by atoms with Gasteiger partial charge in [-0.05, 0) is 36.0 Å². The topological polar surface area (TPSA) is 0 Å². The van der Waals surface area contributed by atoms with Crippen LogP contribution in [0.2, 0.25) is 0 Å². The van der Waals surface area contributed by atoms with Crippen LogP contribution in [-0.4, -0.2) is 0 Å². The lowest BCUT2D eigenvalue weighted by atomic mass is 9.73.